The maximum Gasteiger partial charge on any atom is 0.264 e. The van der Waals surface area contributed by atoms with Crippen LogP contribution >= 0.6 is 0 Å². The topological polar surface area (TPSA) is 72.9 Å². The number of carbonyl (C=O) groups is 1. The van der Waals surface area contributed by atoms with Crippen LogP contribution in [-0.4, -0.2) is 40.1 Å². The van der Waals surface area contributed by atoms with Gasteiger partial charge in [0, 0.05) is 19.3 Å². The number of hydrogen-bond donors (Lipinski definition) is 0. The van der Waals surface area contributed by atoms with E-state index in [1.165, 1.54) is 22.9 Å². The number of sulfonamides is 1. The van der Waals surface area contributed by atoms with Gasteiger partial charge in [0.05, 0.1) is 22.8 Å². The van der Waals surface area contributed by atoms with Gasteiger partial charge < -0.3 is 9.47 Å². The lowest BCUT2D eigenvalue weighted by molar-refractivity contribution is 0.0495. The van der Waals surface area contributed by atoms with Gasteiger partial charge in [0.25, 0.3) is 10.0 Å². The molecular formula is C26H33NO5S. The Kier molecular flexibility index (Phi) is 7.10. The molecule has 0 N–H and O–H groups in total. The van der Waals surface area contributed by atoms with Gasteiger partial charge in [-0.2, -0.15) is 0 Å². The van der Waals surface area contributed by atoms with Gasteiger partial charge >= 0.3 is 0 Å². The first-order valence-electron chi connectivity index (χ1n) is 11.8. The molecule has 0 spiro atoms. The zero-order valence-corrected chi connectivity index (χ0v) is 20.5. The van der Waals surface area contributed by atoms with E-state index >= 15 is 0 Å². The second-order valence-corrected chi connectivity index (χ2v) is 10.9. The highest BCUT2D eigenvalue weighted by atomic mass is 32.2. The van der Waals surface area contributed by atoms with Crippen molar-refractivity contribution in [1.82, 2.24) is 0 Å². The second kappa shape index (κ2) is 9.85. The third-order valence-corrected chi connectivity index (χ3v) is 8.65. The first-order valence-corrected chi connectivity index (χ1v) is 13.3. The summed E-state index contributed by atoms with van der Waals surface area (Å²) in [5, 5.41) is 0. The van der Waals surface area contributed by atoms with Gasteiger partial charge in [0.15, 0.2) is 5.78 Å². The summed E-state index contributed by atoms with van der Waals surface area (Å²) in [5.41, 5.74) is 3.29. The van der Waals surface area contributed by atoms with Crippen LogP contribution in [0.15, 0.2) is 41.3 Å². The van der Waals surface area contributed by atoms with Crippen molar-refractivity contribution >= 4 is 21.5 Å². The van der Waals surface area contributed by atoms with E-state index in [1.54, 1.807) is 12.1 Å². The number of benzene rings is 2. The maximum absolute atomic E-state index is 13.8. The SMILES string of the molecule is CCc1ccc2c(c1)CC[C@@H](C)N2S(=O)(=O)c1ccc(OCC2CCOCC2)c(C(C)=O)c1. The fourth-order valence-electron chi connectivity index (χ4n) is 4.66. The van der Waals surface area contributed by atoms with Crippen LogP contribution in [0.1, 0.15) is 61.5 Å². The highest BCUT2D eigenvalue weighted by molar-refractivity contribution is 7.92. The zero-order valence-electron chi connectivity index (χ0n) is 19.7. The molecule has 0 radical (unpaired) electrons. The Hall–Kier alpha value is -2.38. The molecule has 2 aliphatic rings. The fraction of sp³-hybridized carbons (Fsp3) is 0.500. The molecule has 1 atom stereocenters. The van der Waals surface area contributed by atoms with E-state index in [1.807, 2.05) is 19.1 Å². The minimum absolute atomic E-state index is 0.116. The van der Waals surface area contributed by atoms with Crippen LogP contribution in [0, 0.1) is 5.92 Å². The lowest BCUT2D eigenvalue weighted by Gasteiger charge is -2.36. The van der Waals surface area contributed by atoms with Gasteiger partial charge in [-0.05, 0) is 87.3 Å². The summed E-state index contributed by atoms with van der Waals surface area (Å²) in [6.45, 7) is 7.41. The molecule has 0 unspecified atom stereocenters. The molecule has 1 fully saturated rings. The van der Waals surface area contributed by atoms with E-state index in [9.17, 15) is 13.2 Å². The van der Waals surface area contributed by atoms with Gasteiger partial charge in [0.2, 0.25) is 0 Å². The van der Waals surface area contributed by atoms with Gasteiger partial charge in [-0.1, -0.05) is 19.1 Å². The summed E-state index contributed by atoms with van der Waals surface area (Å²) in [5.74, 6) is 0.599. The molecule has 0 amide bonds. The minimum Gasteiger partial charge on any atom is -0.493 e. The van der Waals surface area contributed by atoms with Crippen molar-refractivity contribution in [2.75, 3.05) is 24.1 Å². The Labute approximate surface area is 196 Å². The highest BCUT2D eigenvalue weighted by Crippen LogP contribution is 2.37. The smallest absolute Gasteiger partial charge is 0.264 e. The Morgan fingerprint density at radius 3 is 2.58 bits per heavy atom. The minimum atomic E-state index is -3.84. The Morgan fingerprint density at radius 1 is 1.12 bits per heavy atom. The molecule has 2 aromatic carbocycles. The number of ketones is 1. The lowest BCUT2D eigenvalue weighted by atomic mass is 9.96. The largest absolute Gasteiger partial charge is 0.493 e. The number of carbonyl (C=O) groups excluding carboxylic acids is 1. The van der Waals surface area contributed by atoms with E-state index in [4.69, 9.17) is 9.47 Å². The third-order valence-electron chi connectivity index (χ3n) is 6.72. The van der Waals surface area contributed by atoms with Crippen molar-refractivity contribution in [3.63, 3.8) is 0 Å². The molecule has 1 saturated heterocycles. The Bertz CT molecular complexity index is 1120. The summed E-state index contributed by atoms with van der Waals surface area (Å²) >= 11 is 0. The van der Waals surface area contributed by atoms with E-state index in [2.05, 4.69) is 13.0 Å². The van der Waals surface area contributed by atoms with Gasteiger partial charge in [0.1, 0.15) is 5.75 Å². The quantitative estimate of drug-likeness (QED) is 0.543. The van der Waals surface area contributed by atoms with Crippen LogP contribution in [0.25, 0.3) is 0 Å². The van der Waals surface area contributed by atoms with Crippen LogP contribution in [-0.2, 0) is 27.6 Å². The highest BCUT2D eigenvalue weighted by Gasteiger charge is 2.34. The number of aryl methyl sites for hydroxylation is 2. The summed E-state index contributed by atoms with van der Waals surface area (Å²) in [7, 11) is -3.84. The van der Waals surface area contributed by atoms with Crippen molar-refractivity contribution < 1.29 is 22.7 Å². The molecule has 0 aliphatic carbocycles. The predicted molar refractivity (Wildman–Crippen MR) is 129 cm³/mol. The summed E-state index contributed by atoms with van der Waals surface area (Å²) in [6, 6.07) is 10.5. The van der Waals surface area contributed by atoms with Gasteiger partial charge in [-0.15, -0.1) is 0 Å². The first kappa shape index (κ1) is 23.8. The van der Waals surface area contributed by atoms with Crippen molar-refractivity contribution in [2.24, 2.45) is 5.92 Å². The summed E-state index contributed by atoms with van der Waals surface area (Å²) < 4.78 is 40.4. The van der Waals surface area contributed by atoms with E-state index in [0.717, 1.165) is 56.6 Å². The molecular weight excluding hydrogens is 438 g/mol. The molecule has 2 aromatic rings. The number of anilines is 1. The molecule has 7 heteroatoms. The molecule has 2 aliphatic heterocycles. The monoisotopic (exact) mass is 471 g/mol. The molecule has 2 heterocycles. The number of ether oxygens (including phenoxy) is 2. The number of Topliss-reactive ketones (excluding diaryl/α,β-unsaturated/α-hetero) is 1. The first-order chi connectivity index (χ1) is 15.8. The van der Waals surface area contributed by atoms with Gasteiger partial charge in [-0.3, -0.25) is 9.10 Å². The predicted octanol–water partition coefficient (Wildman–Crippen LogP) is 4.79. The second-order valence-electron chi connectivity index (χ2n) is 9.09. The molecule has 33 heavy (non-hydrogen) atoms. The lowest BCUT2D eigenvalue weighted by Crippen LogP contribution is -2.42. The summed E-state index contributed by atoms with van der Waals surface area (Å²) in [6.07, 6.45) is 4.37. The molecule has 0 aromatic heterocycles. The number of fused-ring (bicyclic) bond motifs is 1. The average Bonchev–Trinajstić information content (AvgIpc) is 2.82. The number of rotatable bonds is 7. The average molecular weight is 472 g/mol. The number of nitrogens with zero attached hydrogens (tertiary/aromatic N) is 1. The van der Waals surface area contributed by atoms with Crippen LogP contribution in [0.2, 0.25) is 0 Å². The maximum atomic E-state index is 13.8. The van der Waals surface area contributed by atoms with Crippen molar-refractivity contribution in [2.45, 2.75) is 63.8 Å². The van der Waals surface area contributed by atoms with Crippen molar-refractivity contribution in [3.05, 3.63) is 53.1 Å². The van der Waals surface area contributed by atoms with Crippen LogP contribution < -0.4 is 9.04 Å². The summed E-state index contributed by atoms with van der Waals surface area (Å²) in [4.78, 5) is 12.5. The molecule has 0 saturated carbocycles. The van der Waals surface area contributed by atoms with Crippen LogP contribution in [0.5, 0.6) is 5.75 Å². The molecule has 4 rings (SSSR count). The van der Waals surface area contributed by atoms with E-state index in [0.29, 0.717) is 23.8 Å². The van der Waals surface area contributed by atoms with E-state index < -0.39 is 10.0 Å². The molecule has 6 nitrogen and oxygen atoms in total. The zero-order chi connectivity index (χ0) is 23.6. The van der Waals surface area contributed by atoms with Crippen molar-refractivity contribution in [3.8, 4) is 5.75 Å². The van der Waals surface area contributed by atoms with Gasteiger partial charge in [-0.25, -0.2) is 8.42 Å². The van der Waals surface area contributed by atoms with E-state index in [-0.39, 0.29) is 16.7 Å². The fourth-order valence-corrected chi connectivity index (χ4v) is 6.41. The normalized spacial score (nSPS) is 19.2. The molecule has 178 valence electrons. The van der Waals surface area contributed by atoms with Crippen LogP contribution in [0.4, 0.5) is 5.69 Å². The number of hydrogen-bond acceptors (Lipinski definition) is 5. The van der Waals surface area contributed by atoms with Crippen LogP contribution in [0.3, 0.4) is 0 Å². The Morgan fingerprint density at radius 2 is 1.88 bits per heavy atom. The standard InChI is InChI=1S/C26H33NO5S/c1-4-20-6-9-25-22(15-20)7-5-18(2)27(25)33(29,30)23-8-10-26(24(16-23)19(3)28)32-17-21-11-13-31-14-12-21/h6,8-10,15-16,18,21H,4-5,7,11-14,17H2,1-3H3/t18-/m1/s1. The Balaban J connectivity index is 1.65. The molecule has 0 bridgehead atoms. The third kappa shape index (κ3) is 4.94. The van der Waals surface area contributed by atoms with Crippen molar-refractivity contribution in [1.29, 1.82) is 0 Å².